The van der Waals surface area contributed by atoms with E-state index in [-0.39, 0.29) is 5.41 Å². The second-order valence-corrected chi connectivity index (χ2v) is 10.2. The van der Waals surface area contributed by atoms with Gasteiger partial charge in [-0.05, 0) is 79.9 Å². The molecule has 0 bridgehead atoms. The van der Waals surface area contributed by atoms with E-state index in [4.69, 9.17) is 0 Å². The number of carbonyl (C=O) groups is 2. The van der Waals surface area contributed by atoms with Gasteiger partial charge in [-0.25, -0.2) is 0 Å². The largest absolute Gasteiger partial charge is 0.378 e. The highest BCUT2D eigenvalue weighted by molar-refractivity contribution is 5.88. The number of anilines is 1. The van der Waals surface area contributed by atoms with Crippen LogP contribution in [0.1, 0.15) is 56.9 Å². The third-order valence-electron chi connectivity index (χ3n) is 8.67. The lowest BCUT2D eigenvalue weighted by Crippen LogP contribution is -2.48. The molecule has 0 aliphatic heterocycles. The summed E-state index contributed by atoms with van der Waals surface area (Å²) in [6.45, 7) is 0. The molecule has 0 unspecified atom stereocenters. The molecule has 0 N–H and O–H groups in total. The minimum absolute atomic E-state index is 0.151. The Balaban J connectivity index is 1.45. The number of Topliss-reactive ketones (excluding diaryl/α,β-unsaturated/α-hetero) is 2. The fraction of sp³-hybridized carbons (Fsp3) is 0.615. The predicted molar refractivity (Wildman–Crippen MR) is 116 cm³/mol. The molecule has 5 rings (SSSR count). The SMILES string of the molecule is CN(C)c1cccc(C[C@]23CC[C@H]4[C@@H](CC=C5CC(=O)CC[C@@H]54)[C@@H]2CCC3=O)c1. The Morgan fingerprint density at radius 2 is 1.93 bits per heavy atom. The van der Waals surface area contributed by atoms with Gasteiger partial charge in [-0.3, -0.25) is 9.59 Å². The Morgan fingerprint density at radius 3 is 2.76 bits per heavy atom. The molecule has 0 aromatic heterocycles. The standard InChI is InChI=1S/C26H33NO2/c1-27(2)19-5-3-4-17(14-19)16-26-13-12-22-21-9-7-20(28)15-18(21)6-8-23(22)24(26)10-11-25(26)29/h3-6,14,21-24H,7-13,15-16H2,1-2H3/t21-,22+,23+,24-,26+/m0/s1. The summed E-state index contributed by atoms with van der Waals surface area (Å²) in [4.78, 5) is 27.4. The van der Waals surface area contributed by atoms with Crippen molar-refractivity contribution in [2.75, 3.05) is 19.0 Å². The summed E-state index contributed by atoms with van der Waals surface area (Å²) in [5.74, 6) is 3.40. The van der Waals surface area contributed by atoms with E-state index in [0.717, 1.165) is 51.4 Å². The van der Waals surface area contributed by atoms with Gasteiger partial charge in [-0.2, -0.15) is 0 Å². The summed E-state index contributed by atoms with van der Waals surface area (Å²) in [6, 6.07) is 8.76. The van der Waals surface area contributed by atoms with Crippen molar-refractivity contribution in [3.63, 3.8) is 0 Å². The topological polar surface area (TPSA) is 37.4 Å². The number of carbonyl (C=O) groups excluding carboxylic acids is 2. The number of hydrogen-bond donors (Lipinski definition) is 0. The zero-order valence-electron chi connectivity index (χ0n) is 17.8. The lowest BCUT2D eigenvalue weighted by molar-refractivity contribution is -0.132. The number of rotatable bonds is 3. The van der Waals surface area contributed by atoms with Crippen molar-refractivity contribution in [2.24, 2.45) is 29.1 Å². The Labute approximate surface area is 174 Å². The molecule has 29 heavy (non-hydrogen) atoms. The number of nitrogens with zero attached hydrogens (tertiary/aromatic N) is 1. The zero-order chi connectivity index (χ0) is 20.2. The van der Waals surface area contributed by atoms with Crippen molar-refractivity contribution in [3.8, 4) is 0 Å². The van der Waals surface area contributed by atoms with Gasteiger partial charge in [0.05, 0.1) is 0 Å². The van der Waals surface area contributed by atoms with Gasteiger partial charge in [0.25, 0.3) is 0 Å². The highest BCUT2D eigenvalue weighted by Gasteiger charge is 2.57. The molecular formula is C26H33NO2. The molecule has 0 radical (unpaired) electrons. The van der Waals surface area contributed by atoms with E-state index in [1.54, 1.807) is 0 Å². The van der Waals surface area contributed by atoms with Crippen LogP contribution in [0.2, 0.25) is 0 Å². The average Bonchev–Trinajstić information content (AvgIpc) is 3.04. The van der Waals surface area contributed by atoms with Crippen LogP contribution in [0.5, 0.6) is 0 Å². The van der Waals surface area contributed by atoms with Gasteiger partial charge >= 0.3 is 0 Å². The number of ketones is 2. The molecule has 3 heteroatoms. The fourth-order valence-electron chi connectivity index (χ4n) is 7.32. The fourth-order valence-corrected chi connectivity index (χ4v) is 7.32. The summed E-state index contributed by atoms with van der Waals surface area (Å²) < 4.78 is 0. The first kappa shape index (κ1) is 19.1. The molecule has 5 atom stereocenters. The third kappa shape index (κ3) is 3.08. The first-order chi connectivity index (χ1) is 14.0. The van der Waals surface area contributed by atoms with Gasteiger partial charge in [0, 0.05) is 44.5 Å². The highest BCUT2D eigenvalue weighted by Crippen LogP contribution is 2.61. The van der Waals surface area contributed by atoms with Crippen LogP contribution in [0.15, 0.2) is 35.9 Å². The summed E-state index contributed by atoms with van der Waals surface area (Å²) in [7, 11) is 4.15. The second-order valence-electron chi connectivity index (χ2n) is 10.2. The molecule has 4 aliphatic rings. The summed E-state index contributed by atoms with van der Waals surface area (Å²) in [6.07, 6.45) is 10.9. The van der Waals surface area contributed by atoms with Crippen molar-refractivity contribution in [1.29, 1.82) is 0 Å². The maximum Gasteiger partial charge on any atom is 0.139 e. The highest BCUT2D eigenvalue weighted by atomic mass is 16.1. The lowest BCUT2D eigenvalue weighted by Gasteiger charge is -2.52. The van der Waals surface area contributed by atoms with E-state index in [2.05, 4.69) is 49.3 Å². The van der Waals surface area contributed by atoms with E-state index >= 15 is 0 Å². The molecule has 3 nitrogen and oxygen atoms in total. The van der Waals surface area contributed by atoms with E-state index in [9.17, 15) is 9.59 Å². The molecule has 1 aromatic carbocycles. The van der Waals surface area contributed by atoms with Crippen LogP contribution in [0.4, 0.5) is 5.69 Å². The quantitative estimate of drug-likeness (QED) is 0.682. The first-order valence-electron chi connectivity index (χ1n) is 11.5. The van der Waals surface area contributed by atoms with Crippen LogP contribution in [0.3, 0.4) is 0 Å². The van der Waals surface area contributed by atoms with Crippen LogP contribution in [-0.2, 0) is 16.0 Å². The van der Waals surface area contributed by atoms with Crippen molar-refractivity contribution >= 4 is 17.3 Å². The summed E-state index contributed by atoms with van der Waals surface area (Å²) in [5, 5.41) is 0. The van der Waals surface area contributed by atoms with Gasteiger partial charge in [0.2, 0.25) is 0 Å². The molecule has 1 aromatic rings. The molecule has 3 fully saturated rings. The zero-order valence-corrected chi connectivity index (χ0v) is 17.8. The number of benzene rings is 1. The van der Waals surface area contributed by atoms with Gasteiger partial charge in [-0.1, -0.05) is 23.8 Å². The van der Waals surface area contributed by atoms with Gasteiger partial charge in [0.1, 0.15) is 11.6 Å². The summed E-state index contributed by atoms with van der Waals surface area (Å²) in [5.41, 5.74) is 3.80. The van der Waals surface area contributed by atoms with E-state index < -0.39 is 0 Å². The minimum Gasteiger partial charge on any atom is -0.378 e. The molecule has 0 heterocycles. The van der Waals surface area contributed by atoms with E-state index in [1.807, 2.05) is 0 Å². The molecule has 154 valence electrons. The van der Waals surface area contributed by atoms with Crippen molar-refractivity contribution in [3.05, 3.63) is 41.5 Å². The van der Waals surface area contributed by atoms with Crippen LogP contribution in [0.25, 0.3) is 0 Å². The molecule has 0 spiro atoms. The van der Waals surface area contributed by atoms with Gasteiger partial charge in [-0.15, -0.1) is 0 Å². The summed E-state index contributed by atoms with van der Waals surface area (Å²) >= 11 is 0. The second kappa shape index (κ2) is 7.11. The average molecular weight is 392 g/mol. The van der Waals surface area contributed by atoms with E-state index in [0.29, 0.717) is 41.7 Å². The maximum atomic E-state index is 13.3. The Morgan fingerprint density at radius 1 is 1.07 bits per heavy atom. The van der Waals surface area contributed by atoms with Crippen molar-refractivity contribution in [1.82, 2.24) is 0 Å². The van der Waals surface area contributed by atoms with Crippen LogP contribution in [-0.4, -0.2) is 25.7 Å². The monoisotopic (exact) mass is 391 g/mol. The minimum atomic E-state index is -0.151. The maximum absolute atomic E-state index is 13.3. The number of allylic oxidation sites excluding steroid dienone is 2. The van der Waals surface area contributed by atoms with E-state index in [1.165, 1.54) is 16.8 Å². The lowest BCUT2D eigenvalue weighted by atomic mass is 9.51. The third-order valence-corrected chi connectivity index (χ3v) is 8.67. The predicted octanol–water partition coefficient (Wildman–Crippen LogP) is 4.99. The molecule has 3 saturated carbocycles. The first-order valence-corrected chi connectivity index (χ1v) is 11.5. The normalized spacial score (nSPS) is 36.1. The van der Waals surface area contributed by atoms with Crippen molar-refractivity contribution in [2.45, 2.75) is 57.8 Å². The Bertz CT molecular complexity index is 869. The number of hydrogen-bond acceptors (Lipinski definition) is 3. The Kier molecular flexibility index (Phi) is 4.68. The number of fused-ring (bicyclic) bond motifs is 5. The van der Waals surface area contributed by atoms with Crippen LogP contribution >= 0.6 is 0 Å². The van der Waals surface area contributed by atoms with Crippen LogP contribution < -0.4 is 4.90 Å². The van der Waals surface area contributed by atoms with Crippen LogP contribution in [0, 0.1) is 29.1 Å². The Hall–Kier alpha value is -1.90. The molecule has 4 aliphatic carbocycles. The molecular weight excluding hydrogens is 358 g/mol. The van der Waals surface area contributed by atoms with Gasteiger partial charge < -0.3 is 4.90 Å². The van der Waals surface area contributed by atoms with Crippen molar-refractivity contribution < 1.29 is 9.59 Å². The molecule has 0 amide bonds. The molecule has 0 saturated heterocycles. The smallest absolute Gasteiger partial charge is 0.139 e. The van der Waals surface area contributed by atoms with Gasteiger partial charge in [0.15, 0.2) is 0 Å².